The number of hydroxylamine groups is 2. The summed E-state index contributed by atoms with van der Waals surface area (Å²) in [5, 5.41) is 3.47. The molecule has 46 heavy (non-hydrogen) atoms. The van der Waals surface area contributed by atoms with Gasteiger partial charge in [-0.15, -0.1) is 5.06 Å². The minimum atomic E-state index is -0.583. The normalized spacial score (nSPS) is 34.4. The molecule has 8 atom stereocenters. The Morgan fingerprint density at radius 3 is 2.43 bits per heavy atom. The number of hydrogen-bond donors (Lipinski definition) is 1. The molecule has 3 unspecified atom stereocenters. The minimum Gasteiger partial charge on any atom is -0.446 e. The fourth-order valence-corrected chi connectivity index (χ4v) is 10.5. The summed E-state index contributed by atoms with van der Waals surface area (Å²) in [6.45, 7) is 12.9. The van der Waals surface area contributed by atoms with E-state index in [-0.39, 0.29) is 36.9 Å². The standard InChI is InChI=1S/C38H60N2O6/c1-25(2)10-9-11-26(3)30-15-16-31-29-14-13-27-24-28(19-21-37(27,4)32(29)20-22-38(30,31)5)45-36(44)39-23-8-6-7-12-35(43)46-40-33(41)17-18-34(40)42/h13,25-26,28-32H,6-12,14-24H2,1-5H3,(H,39,44)/t26-,28+,29?,30-,31?,32?,37+,38-/m1/s1. The average Bonchev–Trinajstić information content (AvgIpc) is 3.52. The maximum Gasteiger partial charge on any atom is 0.407 e. The molecule has 4 aliphatic carbocycles. The Hall–Kier alpha value is -2.38. The molecule has 1 saturated heterocycles. The predicted molar refractivity (Wildman–Crippen MR) is 177 cm³/mol. The minimum absolute atomic E-state index is 0.0712. The first-order valence-electron chi connectivity index (χ1n) is 18.6. The molecule has 0 aromatic rings. The van der Waals surface area contributed by atoms with E-state index in [1.807, 2.05) is 0 Å². The van der Waals surface area contributed by atoms with E-state index in [0.717, 1.165) is 54.8 Å². The molecule has 1 aliphatic heterocycles. The van der Waals surface area contributed by atoms with Crippen molar-refractivity contribution in [2.75, 3.05) is 6.54 Å². The van der Waals surface area contributed by atoms with Gasteiger partial charge in [0.05, 0.1) is 0 Å². The second-order valence-corrected chi connectivity index (χ2v) is 16.3. The third kappa shape index (κ3) is 7.51. The van der Waals surface area contributed by atoms with Crippen LogP contribution in [0.2, 0.25) is 0 Å². The van der Waals surface area contributed by atoms with Crippen LogP contribution < -0.4 is 5.32 Å². The third-order valence-corrected chi connectivity index (χ3v) is 13.1. The lowest BCUT2D eigenvalue weighted by atomic mass is 9.47. The highest BCUT2D eigenvalue weighted by molar-refractivity contribution is 6.01. The van der Waals surface area contributed by atoms with E-state index in [0.29, 0.717) is 36.3 Å². The zero-order chi connectivity index (χ0) is 33.1. The second-order valence-electron chi connectivity index (χ2n) is 16.3. The van der Waals surface area contributed by atoms with E-state index < -0.39 is 17.8 Å². The molecule has 0 aromatic carbocycles. The SMILES string of the molecule is CC(C)CCC[C@@H](C)[C@H]1CCC2C3CC=C4C[C@@H](OC(=O)NCCCCCC(=O)ON5C(=O)CCC5=O)CC[C@]4(C)C3CC[C@@]21C. The molecule has 0 spiro atoms. The summed E-state index contributed by atoms with van der Waals surface area (Å²) in [7, 11) is 0. The Morgan fingerprint density at radius 2 is 1.70 bits per heavy atom. The summed E-state index contributed by atoms with van der Waals surface area (Å²) in [6, 6.07) is 0. The van der Waals surface area contributed by atoms with Crippen molar-refractivity contribution in [3.05, 3.63) is 11.6 Å². The number of allylic oxidation sites excluding steroid dienone is 1. The van der Waals surface area contributed by atoms with Crippen molar-refractivity contribution < 1.29 is 28.8 Å². The predicted octanol–water partition coefficient (Wildman–Crippen LogP) is 8.29. The number of imide groups is 1. The van der Waals surface area contributed by atoms with Crippen molar-refractivity contribution in [1.82, 2.24) is 10.4 Å². The number of carbonyl (C=O) groups excluding carboxylic acids is 4. The lowest BCUT2D eigenvalue weighted by Crippen LogP contribution is -2.51. The quantitative estimate of drug-likeness (QED) is 0.123. The summed E-state index contributed by atoms with van der Waals surface area (Å²) in [6.07, 6.45) is 18.1. The molecule has 1 heterocycles. The van der Waals surface area contributed by atoms with Gasteiger partial charge in [0.1, 0.15) is 6.10 Å². The monoisotopic (exact) mass is 640 g/mol. The molecule has 0 radical (unpaired) electrons. The van der Waals surface area contributed by atoms with Gasteiger partial charge in [-0.1, -0.05) is 72.0 Å². The van der Waals surface area contributed by atoms with Crippen LogP contribution in [-0.2, 0) is 24.0 Å². The number of ether oxygens (including phenoxy) is 1. The summed E-state index contributed by atoms with van der Waals surface area (Å²) in [4.78, 5) is 52.6. The zero-order valence-electron chi connectivity index (χ0n) is 29.2. The van der Waals surface area contributed by atoms with Crippen molar-refractivity contribution in [3.8, 4) is 0 Å². The van der Waals surface area contributed by atoms with Gasteiger partial charge < -0.3 is 14.9 Å². The van der Waals surface area contributed by atoms with Gasteiger partial charge in [-0.25, -0.2) is 9.59 Å². The Labute approximate surface area is 277 Å². The molecule has 4 fully saturated rings. The first-order valence-corrected chi connectivity index (χ1v) is 18.6. The van der Waals surface area contributed by atoms with Gasteiger partial charge in [-0.2, -0.15) is 0 Å². The number of rotatable bonds is 13. The maximum absolute atomic E-state index is 12.6. The summed E-state index contributed by atoms with van der Waals surface area (Å²) in [5.41, 5.74) is 2.26. The average molecular weight is 641 g/mol. The first-order chi connectivity index (χ1) is 21.9. The molecule has 0 aromatic heterocycles. The lowest BCUT2D eigenvalue weighted by molar-refractivity contribution is -0.197. The zero-order valence-corrected chi connectivity index (χ0v) is 29.2. The van der Waals surface area contributed by atoms with Crippen LogP contribution >= 0.6 is 0 Å². The molecular weight excluding hydrogens is 580 g/mol. The van der Waals surface area contributed by atoms with E-state index in [2.05, 4.69) is 46.0 Å². The number of hydrogen-bond acceptors (Lipinski definition) is 6. The van der Waals surface area contributed by atoms with Gasteiger partial charge in [-0.05, 0) is 104 Å². The fourth-order valence-electron chi connectivity index (χ4n) is 10.5. The molecule has 5 rings (SSSR count). The molecule has 8 heteroatoms. The molecule has 3 saturated carbocycles. The van der Waals surface area contributed by atoms with Gasteiger partial charge >= 0.3 is 12.1 Å². The Morgan fingerprint density at radius 1 is 0.935 bits per heavy atom. The van der Waals surface area contributed by atoms with E-state index in [9.17, 15) is 19.2 Å². The molecule has 5 aliphatic rings. The number of unbranched alkanes of at least 4 members (excludes halogenated alkanes) is 2. The highest BCUT2D eigenvalue weighted by atomic mass is 16.7. The maximum atomic E-state index is 12.6. The van der Waals surface area contributed by atoms with Crippen LogP contribution in [0.25, 0.3) is 0 Å². The fraction of sp³-hybridized carbons (Fsp3) is 0.842. The Bertz CT molecular complexity index is 1150. The first kappa shape index (κ1) is 34.9. The van der Waals surface area contributed by atoms with Crippen molar-refractivity contribution in [1.29, 1.82) is 0 Å². The summed E-state index contributed by atoms with van der Waals surface area (Å²) in [5.74, 6) is 3.40. The molecule has 0 bridgehead atoms. The van der Waals surface area contributed by atoms with Crippen LogP contribution in [0.1, 0.15) is 144 Å². The largest absolute Gasteiger partial charge is 0.446 e. The van der Waals surface area contributed by atoms with Gasteiger partial charge in [-0.3, -0.25) is 9.59 Å². The van der Waals surface area contributed by atoms with E-state index in [1.54, 1.807) is 0 Å². The highest BCUT2D eigenvalue weighted by Crippen LogP contribution is 2.67. The molecule has 258 valence electrons. The van der Waals surface area contributed by atoms with Crippen molar-refractivity contribution in [2.45, 2.75) is 150 Å². The van der Waals surface area contributed by atoms with Crippen molar-refractivity contribution >= 4 is 23.9 Å². The van der Waals surface area contributed by atoms with Gasteiger partial charge in [0.25, 0.3) is 11.8 Å². The topological polar surface area (TPSA) is 102 Å². The third-order valence-electron chi connectivity index (χ3n) is 13.1. The van der Waals surface area contributed by atoms with Crippen molar-refractivity contribution in [2.24, 2.45) is 46.3 Å². The smallest absolute Gasteiger partial charge is 0.407 e. The number of carbonyl (C=O) groups is 4. The number of alkyl carbamates (subject to hydrolysis) is 1. The van der Waals surface area contributed by atoms with Gasteiger partial charge in [0.15, 0.2) is 0 Å². The lowest BCUT2D eigenvalue weighted by Gasteiger charge is -2.58. The number of nitrogens with one attached hydrogen (secondary N) is 1. The molecule has 1 N–H and O–H groups in total. The molecule has 3 amide bonds. The number of fused-ring (bicyclic) bond motifs is 5. The number of nitrogens with zero attached hydrogens (tertiary/aromatic N) is 1. The Balaban J connectivity index is 1.03. The van der Waals surface area contributed by atoms with Crippen LogP contribution in [0.5, 0.6) is 0 Å². The van der Waals surface area contributed by atoms with Crippen molar-refractivity contribution in [3.63, 3.8) is 0 Å². The highest BCUT2D eigenvalue weighted by Gasteiger charge is 2.59. The van der Waals surface area contributed by atoms with Crippen LogP contribution in [0.15, 0.2) is 11.6 Å². The van der Waals surface area contributed by atoms with Crippen LogP contribution in [0.3, 0.4) is 0 Å². The number of amides is 3. The molecule has 8 nitrogen and oxygen atoms in total. The van der Waals surface area contributed by atoms with Crippen LogP contribution in [-0.4, -0.2) is 41.6 Å². The Kier molecular flexibility index (Phi) is 11.2. The summed E-state index contributed by atoms with van der Waals surface area (Å²) < 4.78 is 5.90. The van der Waals surface area contributed by atoms with Gasteiger partial charge in [0.2, 0.25) is 0 Å². The van der Waals surface area contributed by atoms with E-state index in [1.165, 1.54) is 56.9 Å². The van der Waals surface area contributed by atoms with Crippen LogP contribution in [0, 0.1) is 46.3 Å². The van der Waals surface area contributed by atoms with Gasteiger partial charge in [0, 0.05) is 32.2 Å². The van der Waals surface area contributed by atoms with E-state index >= 15 is 0 Å². The van der Waals surface area contributed by atoms with E-state index in [4.69, 9.17) is 9.57 Å². The molecular formula is C38H60N2O6. The van der Waals surface area contributed by atoms with Crippen LogP contribution in [0.4, 0.5) is 4.79 Å². The summed E-state index contributed by atoms with van der Waals surface area (Å²) >= 11 is 0. The second kappa shape index (κ2) is 14.8.